The number of aromatic nitrogens is 2. The Morgan fingerprint density at radius 3 is 2.59 bits per heavy atom. The maximum atomic E-state index is 12.1. The molecule has 3 aromatic rings. The van der Waals surface area contributed by atoms with Crippen molar-refractivity contribution in [2.45, 2.75) is 38.6 Å². The molecule has 1 amide bonds. The largest absolute Gasteiger partial charge is 0.472 e. The molecule has 3 rings (SSSR count). The Morgan fingerprint density at radius 1 is 1.19 bits per heavy atom. The standard InChI is InChI=1S/C20H24N4O3/c1-13(2)14-3-5-15(6-4-14)17(21)11-22-18(25)7-8-19-23-20(24-27-19)16-9-10-26-12-16/h3-6,9-10,12-13,17H,7-8,11,21H2,1-2H3,(H,22,25). The molecule has 0 bridgehead atoms. The zero-order chi connectivity index (χ0) is 19.2. The zero-order valence-corrected chi connectivity index (χ0v) is 15.5. The number of carbonyl (C=O) groups excluding carboxylic acids is 1. The summed E-state index contributed by atoms with van der Waals surface area (Å²) in [5, 5.41) is 6.73. The summed E-state index contributed by atoms with van der Waals surface area (Å²) >= 11 is 0. The molecule has 7 heteroatoms. The van der Waals surface area contributed by atoms with Gasteiger partial charge in [0.05, 0.1) is 11.8 Å². The average molecular weight is 368 g/mol. The number of carbonyl (C=O) groups is 1. The Morgan fingerprint density at radius 2 is 1.93 bits per heavy atom. The number of rotatable bonds is 8. The van der Waals surface area contributed by atoms with E-state index < -0.39 is 0 Å². The summed E-state index contributed by atoms with van der Waals surface area (Å²) in [6.45, 7) is 4.68. The van der Waals surface area contributed by atoms with Gasteiger partial charge in [0.25, 0.3) is 0 Å². The molecular weight excluding hydrogens is 344 g/mol. The van der Waals surface area contributed by atoms with Gasteiger partial charge >= 0.3 is 0 Å². The number of hydrogen-bond donors (Lipinski definition) is 2. The topological polar surface area (TPSA) is 107 Å². The van der Waals surface area contributed by atoms with Gasteiger partial charge in [-0.2, -0.15) is 4.98 Å². The maximum Gasteiger partial charge on any atom is 0.227 e. The van der Waals surface area contributed by atoms with Crippen LogP contribution >= 0.6 is 0 Å². The summed E-state index contributed by atoms with van der Waals surface area (Å²) in [4.78, 5) is 16.3. The van der Waals surface area contributed by atoms with Crippen molar-refractivity contribution in [1.82, 2.24) is 15.5 Å². The summed E-state index contributed by atoms with van der Waals surface area (Å²) in [5.41, 5.74) is 9.18. The number of hydrogen-bond acceptors (Lipinski definition) is 6. The van der Waals surface area contributed by atoms with E-state index in [2.05, 4.69) is 41.4 Å². The number of furan rings is 1. The van der Waals surface area contributed by atoms with Gasteiger partial charge in [0.2, 0.25) is 17.6 Å². The molecule has 0 spiro atoms. The van der Waals surface area contributed by atoms with Gasteiger partial charge in [-0.1, -0.05) is 43.3 Å². The van der Waals surface area contributed by atoms with E-state index in [1.54, 1.807) is 12.3 Å². The monoisotopic (exact) mass is 368 g/mol. The van der Waals surface area contributed by atoms with Crippen LogP contribution in [0.3, 0.4) is 0 Å². The van der Waals surface area contributed by atoms with E-state index in [1.807, 2.05) is 12.1 Å². The highest BCUT2D eigenvalue weighted by Gasteiger charge is 2.13. The third kappa shape index (κ3) is 5.04. The van der Waals surface area contributed by atoms with Gasteiger partial charge in [-0.05, 0) is 23.1 Å². The lowest BCUT2D eigenvalue weighted by Gasteiger charge is -2.14. The molecule has 0 saturated carbocycles. The Balaban J connectivity index is 1.44. The smallest absolute Gasteiger partial charge is 0.227 e. The van der Waals surface area contributed by atoms with Crippen LogP contribution in [0.5, 0.6) is 0 Å². The predicted molar refractivity (Wildman–Crippen MR) is 101 cm³/mol. The van der Waals surface area contributed by atoms with Gasteiger partial charge < -0.3 is 20.0 Å². The van der Waals surface area contributed by atoms with Crippen LogP contribution in [-0.4, -0.2) is 22.6 Å². The van der Waals surface area contributed by atoms with E-state index in [-0.39, 0.29) is 18.4 Å². The van der Waals surface area contributed by atoms with Crippen molar-refractivity contribution in [3.05, 3.63) is 59.9 Å². The van der Waals surface area contributed by atoms with Crippen molar-refractivity contribution in [2.75, 3.05) is 6.54 Å². The molecular formula is C20H24N4O3. The second-order valence-electron chi connectivity index (χ2n) is 6.76. The van der Waals surface area contributed by atoms with Gasteiger partial charge in [-0.25, -0.2) is 0 Å². The van der Waals surface area contributed by atoms with Gasteiger partial charge in [0.1, 0.15) is 6.26 Å². The highest BCUT2D eigenvalue weighted by atomic mass is 16.5. The number of benzene rings is 1. The summed E-state index contributed by atoms with van der Waals surface area (Å²) in [6, 6.07) is 9.69. The minimum atomic E-state index is -0.244. The summed E-state index contributed by atoms with van der Waals surface area (Å²) in [6.07, 6.45) is 3.70. The fourth-order valence-electron chi connectivity index (χ4n) is 2.64. The SMILES string of the molecule is CC(C)c1ccc(C(N)CNC(=O)CCc2nc(-c3ccoc3)no2)cc1. The van der Waals surface area contributed by atoms with Crippen molar-refractivity contribution >= 4 is 5.91 Å². The lowest BCUT2D eigenvalue weighted by molar-refractivity contribution is -0.121. The number of nitrogens with zero attached hydrogens (tertiary/aromatic N) is 2. The fraction of sp³-hybridized carbons (Fsp3) is 0.350. The minimum absolute atomic E-state index is 0.104. The number of nitrogens with one attached hydrogen (secondary N) is 1. The molecule has 27 heavy (non-hydrogen) atoms. The van der Waals surface area contributed by atoms with Crippen LogP contribution < -0.4 is 11.1 Å². The van der Waals surface area contributed by atoms with E-state index in [0.29, 0.717) is 30.6 Å². The van der Waals surface area contributed by atoms with Crippen LogP contribution in [0.15, 0.2) is 51.8 Å². The van der Waals surface area contributed by atoms with Crippen molar-refractivity contribution in [1.29, 1.82) is 0 Å². The molecule has 1 unspecified atom stereocenters. The molecule has 0 aliphatic carbocycles. The highest BCUT2D eigenvalue weighted by molar-refractivity contribution is 5.76. The second-order valence-corrected chi connectivity index (χ2v) is 6.76. The molecule has 3 N–H and O–H groups in total. The van der Waals surface area contributed by atoms with E-state index >= 15 is 0 Å². The molecule has 7 nitrogen and oxygen atoms in total. The van der Waals surface area contributed by atoms with Crippen LogP contribution in [0.1, 0.15) is 49.2 Å². The zero-order valence-electron chi connectivity index (χ0n) is 15.5. The molecule has 2 heterocycles. The van der Waals surface area contributed by atoms with Gasteiger partial charge in [0.15, 0.2) is 0 Å². The van der Waals surface area contributed by atoms with Crippen molar-refractivity contribution in [3.8, 4) is 11.4 Å². The lowest BCUT2D eigenvalue weighted by atomic mass is 9.99. The van der Waals surface area contributed by atoms with Crippen molar-refractivity contribution in [2.24, 2.45) is 5.73 Å². The van der Waals surface area contributed by atoms with Crippen LogP contribution in [0.25, 0.3) is 11.4 Å². The van der Waals surface area contributed by atoms with Crippen LogP contribution in [0.2, 0.25) is 0 Å². The molecule has 2 aromatic heterocycles. The number of aryl methyl sites for hydroxylation is 1. The number of nitrogens with two attached hydrogens (primary N) is 1. The number of amides is 1. The van der Waals surface area contributed by atoms with Crippen LogP contribution in [0.4, 0.5) is 0 Å². The molecule has 0 aliphatic rings. The Bertz CT molecular complexity index is 854. The van der Waals surface area contributed by atoms with Gasteiger partial charge in [-0.15, -0.1) is 0 Å². The average Bonchev–Trinajstić information content (AvgIpc) is 3.35. The summed E-state index contributed by atoms with van der Waals surface area (Å²) < 4.78 is 10.1. The first-order valence-corrected chi connectivity index (χ1v) is 9.00. The Labute approximate surface area is 157 Å². The highest BCUT2D eigenvalue weighted by Crippen LogP contribution is 2.18. The maximum absolute atomic E-state index is 12.1. The molecule has 1 atom stereocenters. The van der Waals surface area contributed by atoms with Gasteiger partial charge in [-0.3, -0.25) is 4.79 Å². The Kier molecular flexibility index (Phi) is 6.03. The molecule has 0 radical (unpaired) electrons. The van der Waals surface area contributed by atoms with Crippen molar-refractivity contribution in [3.63, 3.8) is 0 Å². The van der Waals surface area contributed by atoms with Crippen LogP contribution in [-0.2, 0) is 11.2 Å². The van der Waals surface area contributed by atoms with E-state index in [0.717, 1.165) is 11.1 Å². The summed E-state index contributed by atoms with van der Waals surface area (Å²) in [7, 11) is 0. The van der Waals surface area contributed by atoms with Gasteiger partial charge in [0, 0.05) is 25.4 Å². The molecule has 0 fully saturated rings. The lowest BCUT2D eigenvalue weighted by Crippen LogP contribution is -2.32. The first kappa shape index (κ1) is 18.8. The molecule has 0 aliphatic heterocycles. The molecule has 142 valence electrons. The summed E-state index contributed by atoms with van der Waals surface area (Å²) in [5.74, 6) is 1.24. The minimum Gasteiger partial charge on any atom is -0.472 e. The van der Waals surface area contributed by atoms with E-state index in [1.165, 1.54) is 11.8 Å². The van der Waals surface area contributed by atoms with E-state index in [9.17, 15) is 4.79 Å². The van der Waals surface area contributed by atoms with E-state index in [4.69, 9.17) is 14.7 Å². The fourth-order valence-corrected chi connectivity index (χ4v) is 2.64. The first-order valence-electron chi connectivity index (χ1n) is 9.00. The third-order valence-electron chi connectivity index (χ3n) is 4.36. The second kappa shape index (κ2) is 8.64. The Hall–Kier alpha value is -2.93. The van der Waals surface area contributed by atoms with Crippen molar-refractivity contribution < 1.29 is 13.7 Å². The molecule has 0 saturated heterocycles. The predicted octanol–water partition coefficient (Wildman–Crippen LogP) is 3.20. The molecule has 1 aromatic carbocycles. The first-order chi connectivity index (χ1) is 13.0. The van der Waals surface area contributed by atoms with Crippen LogP contribution in [0, 0.1) is 0 Å². The quantitative estimate of drug-likeness (QED) is 0.632. The normalized spacial score (nSPS) is 12.3. The third-order valence-corrected chi connectivity index (χ3v) is 4.36.